The molecule has 0 aliphatic carbocycles. The lowest BCUT2D eigenvalue weighted by atomic mass is 10.0. The van der Waals surface area contributed by atoms with Crippen LogP contribution in [0, 0.1) is 26.6 Å². The molecule has 3 heterocycles. The molecule has 2 aromatic heterocycles. The summed E-state index contributed by atoms with van der Waals surface area (Å²) in [5.74, 6) is 0.547. The molecule has 1 amide bonds. The van der Waals surface area contributed by atoms with Crippen LogP contribution in [0.4, 0.5) is 4.39 Å². The fraction of sp³-hybridized carbons (Fsp3) is 0.375. The average molecular weight is 407 g/mol. The summed E-state index contributed by atoms with van der Waals surface area (Å²) in [5.41, 5.74) is 5.66. The first kappa shape index (κ1) is 20.3. The molecule has 0 bridgehead atoms. The van der Waals surface area contributed by atoms with E-state index in [2.05, 4.69) is 17.3 Å². The number of benzene rings is 1. The van der Waals surface area contributed by atoms with E-state index in [0.29, 0.717) is 18.6 Å². The zero-order chi connectivity index (χ0) is 21.3. The van der Waals surface area contributed by atoms with Gasteiger partial charge in [0.2, 0.25) is 5.91 Å². The fourth-order valence-electron chi connectivity index (χ4n) is 4.26. The van der Waals surface area contributed by atoms with E-state index >= 15 is 0 Å². The molecule has 1 atom stereocenters. The normalized spacial score (nSPS) is 16.3. The van der Waals surface area contributed by atoms with Crippen molar-refractivity contribution in [1.29, 1.82) is 0 Å². The molecule has 1 unspecified atom stereocenters. The van der Waals surface area contributed by atoms with Crippen molar-refractivity contribution in [3.05, 3.63) is 81.7 Å². The second-order valence-electron chi connectivity index (χ2n) is 8.07. The second-order valence-corrected chi connectivity index (χ2v) is 8.07. The van der Waals surface area contributed by atoms with Crippen LogP contribution in [0.15, 0.2) is 40.9 Å². The third-order valence-corrected chi connectivity index (χ3v) is 5.78. The quantitative estimate of drug-likeness (QED) is 0.619. The topological polar surface area (TPSA) is 59.2 Å². The summed E-state index contributed by atoms with van der Waals surface area (Å²) in [5, 5.41) is 3.96. The second kappa shape index (κ2) is 8.38. The largest absolute Gasteiger partial charge is 0.361 e. The van der Waals surface area contributed by atoms with Gasteiger partial charge in [-0.15, -0.1) is 0 Å². The van der Waals surface area contributed by atoms with E-state index in [1.54, 1.807) is 12.1 Å². The predicted molar refractivity (Wildman–Crippen MR) is 112 cm³/mol. The van der Waals surface area contributed by atoms with Gasteiger partial charge in [-0.1, -0.05) is 17.3 Å². The molecule has 3 aromatic rings. The highest BCUT2D eigenvalue weighted by Gasteiger charge is 2.32. The molecule has 1 aliphatic rings. The van der Waals surface area contributed by atoms with Crippen molar-refractivity contribution >= 4 is 5.91 Å². The Morgan fingerprint density at radius 3 is 2.63 bits per heavy atom. The molecule has 156 valence electrons. The maximum atomic E-state index is 13.2. The maximum absolute atomic E-state index is 13.2. The van der Waals surface area contributed by atoms with Gasteiger partial charge in [-0.25, -0.2) is 4.39 Å². The highest BCUT2D eigenvalue weighted by molar-refractivity contribution is 5.80. The third-order valence-electron chi connectivity index (χ3n) is 5.78. The van der Waals surface area contributed by atoms with Crippen LogP contribution in [-0.4, -0.2) is 27.5 Å². The van der Waals surface area contributed by atoms with E-state index in [1.165, 1.54) is 12.1 Å². The SMILES string of the molecule is Cc1cc(Cc2ccc(F)cc2)cc(C2CCCN2C(=O)Cc2c(C)noc2C)n1. The van der Waals surface area contributed by atoms with Crippen LogP contribution in [0.5, 0.6) is 0 Å². The number of aromatic nitrogens is 2. The standard InChI is InChI=1S/C24H26FN3O2/c1-15-11-19(12-18-6-8-20(25)9-7-18)13-22(26-15)23-5-4-10-28(23)24(29)14-21-16(2)27-30-17(21)3/h6-9,11,13,23H,4-5,10,12,14H2,1-3H3. The van der Waals surface area contributed by atoms with Crippen molar-refractivity contribution in [2.75, 3.05) is 6.54 Å². The van der Waals surface area contributed by atoms with Crippen LogP contribution in [0.25, 0.3) is 0 Å². The van der Waals surface area contributed by atoms with Gasteiger partial charge in [0.15, 0.2) is 0 Å². The molecule has 1 fully saturated rings. The van der Waals surface area contributed by atoms with Crippen LogP contribution >= 0.6 is 0 Å². The molecule has 1 aromatic carbocycles. The van der Waals surface area contributed by atoms with Crippen molar-refractivity contribution < 1.29 is 13.7 Å². The van der Waals surface area contributed by atoms with Gasteiger partial charge in [-0.2, -0.15) is 0 Å². The average Bonchev–Trinajstić information content (AvgIpc) is 3.32. The number of hydrogen-bond donors (Lipinski definition) is 0. The minimum Gasteiger partial charge on any atom is -0.361 e. The molecule has 1 saturated heterocycles. The minimum atomic E-state index is -0.233. The van der Waals surface area contributed by atoms with E-state index in [-0.39, 0.29) is 17.8 Å². The molecule has 5 nitrogen and oxygen atoms in total. The van der Waals surface area contributed by atoms with E-state index in [0.717, 1.165) is 53.2 Å². The fourth-order valence-corrected chi connectivity index (χ4v) is 4.26. The van der Waals surface area contributed by atoms with Crippen LogP contribution in [0.2, 0.25) is 0 Å². The molecule has 0 radical (unpaired) electrons. The van der Waals surface area contributed by atoms with Gasteiger partial charge in [0.05, 0.1) is 23.9 Å². The van der Waals surface area contributed by atoms with Crippen molar-refractivity contribution in [2.45, 2.75) is 52.5 Å². The summed E-state index contributed by atoms with van der Waals surface area (Å²) < 4.78 is 18.4. The lowest BCUT2D eigenvalue weighted by Gasteiger charge is -2.25. The molecular weight excluding hydrogens is 381 g/mol. The number of aryl methyl sites for hydroxylation is 3. The summed E-state index contributed by atoms with van der Waals surface area (Å²) in [6.07, 6.45) is 2.86. The first-order valence-corrected chi connectivity index (χ1v) is 10.3. The number of hydrogen-bond acceptors (Lipinski definition) is 4. The number of amides is 1. The van der Waals surface area contributed by atoms with Crippen molar-refractivity contribution in [3.63, 3.8) is 0 Å². The monoisotopic (exact) mass is 407 g/mol. The van der Waals surface area contributed by atoms with Crippen LogP contribution < -0.4 is 0 Å². The Hall–Kier alpha value is -3.02. The van der Waals surface area contributed by atoms with Gasteiger partial charge in [-0.3, -0.25) is 9.78 Å². The zero-order valence-corrected chi connectivity index (χ0v) is 17.6. The van der Waals surface area contributed by atoms with Gasteiger partial charge < -0.3 is 9.42 Å². The number of carbonyl (C=O) groups is 1. The van der Waals surface area contributed by atoms with Crippen LogP contribution in [0.3, 0.4) is 0 Å². The van der Waals surface area contributed by atoms with E-state index < -0.39 is 0 Å². The van der Waals surface area contributed by atoms with Crippen molar-refractivity contribution in [3.8, 4) is 0 Å². The van der Waals surface area contributed by atoms with Crippen LogP contribution in [0.1, 0.15) is 58.4 Å². The number of halogens is 1. The van der Waals surface area contributed by atoms with Crippen molar-refractivity contribution in [1.82, 2.24) is 15.0 Å². The molecule has 6 heteroatoms. The Balaban J connectivity index is 1.55. The highest BCUT2D eigenvalue weighted by atomic mass is 19.1. The number of likely N-dealkylation sites (tertiary alicyclic amines) is 1. The first-order valence-electron chi connectivity index (χ1n) is 10.3. The summed E-state index contributed by atoms with van der Waals surface area (Å²) in [4.78, 5) is 19.8. The van der Waals surface area contributed by atoms with Crippen molar-refractivity contribution in [2.24, 2.45) is 0 Å². The Kier molecular flexibility index (Phi) is 5.66. The molecule has 0 spiro atoms. The number of nitrogens with zero attached hydrogens (tertiary/aromatic N) is 3. The van der Waals surface area contributed by atoms with Gasteiger partial charge >= 0.3 is 0 Å². The van der Waals surface area contributed by atoms with Crippen LogP contribution in [-0.2, 0) is 17.6 Å². The lowest BCUT2D eigenvalue weighted by Crippen LogP contribution is -2.32. The predicted octanol–water partition coefficient (Wildman–Crippen LogP) is 4.63. The smallest absolute Gasteiger partial charge is 0.227 e. The minimum absolute atomic E-state index is 0.0233. The summed E-state index contributed by atoms with van der Waals surface area (Å²) in [6.45, 7) is 6.41. The molecule has 30 heavy (non-hydrogen) atoms. The Labute approximate surface area is 175 Å². The van der Waals surface area contributed by atoms with Gasteiger partial charge in [0, 0.05) is 17.8 Å². The first-order chi connectivity index (χ1) is 14.4. The van der Waals surface area contributed by atoms with Gasteiger partial charge in [-0.05, 0) is 75.4 Å². The number of pyridine rings is 1. The number of carbonyl (C=O) groups excluding carboxylic acids is 1. The Morgan fingerprint density at radius 1 is 1.17 bits per heavy atom. The molecule has 0 saturated carbocycles. The summed E-state index contributed by atoms with van der Waals surface area (Å²) in [6, 6.07) is 10.7. The highest BCUT2D eigenvalue weighted by Crippen LogP contribution is 2.32. The zero-order valence-electron chi connectivity index (χ0n) is 17.6. The number of rotatable bonds is 5. The maximum Gasteiger partial charge on any atom is 0.227 e. The molecule has 0 N–H and O–H groups in total. The summed E-state index contributed by atoms with van der Waals surface area (Å²) in [7, 11) is 0. The van der Waals surface area contributed by atoms with E-state index in [1.807, 2.05) is 25.7 Å². The van der Waals surface area contributed by atoms with E-state index in [9.17, 15) is 9.18 Å². The third kappa shape index (κ3) is 4.27. The molecule has 1 aliphatic heterocycles. The van der Waals surface area contributed by atoms with E-state index in [4.69, 9.17) is 9.51 Å². The summed E-state index contributed by atoms with van der Waals surface area (Å²) >= 11 is 0. The lowest BCUT2D eigenvalue weighted by molar-refractivity contribution is -0.131. The molecular formula is C24H26FN3O2. The van der Waals surface area contributed by atoms with Gasteiger partial charge in [0.1, 0.15) is 11.6 Å². The molecule has 4 rings (SSSR count). The van der Waals surface area contributed by atoms with Gasteiger partial charge in [0.25, 0.3) is 0 Å². The Morgan fingerprint density at radius 2 is 1.93 bits per heavy atom. The Bertz CT molecular complexity index is 1040.